The molecule has 1 unspecified atom stereocenters. The van der Waals surface area contributed by atoms with Gasteiger partial charge in [-0.05, 0) is 6.42 Å². The van der Waals surface area contributed by atoms with Crippen LogP contribution in [0.4, 0.5) is 0 Å². The molecule has 7 nitrogen and oxygen atoms in total. The number of carboxylic acid groups (broad SMARTS) is 1. The number of carboxylic acids is 1. The van der Waals surface area contributed by atoms with E-state index < -0.39 is 22.2 Å². The molecule has 0 aliphatic carbocycles. The SMILES string of the molecule is CCCNS(=O)(=O)N1CCNCC1C(=O)O. The number of nitrogens with one attached hydrogen (secondary N) is 2. The highest BCUT2D eigenvalue weighted by atomic mass is 32.2. The molecular formula is C8H17N3O4S. The summed E-state index contributed by atoms with van der Waals surface area (Å²) in [5.41, 5.74) is 0. The van der Waals surface area contributed by atoms with E-state index in [1.807, 2.05) is 6.92 Å². The monoisotopic (exact) mass is 251 g/mol. The van der Waals surface area contributed by atoms with Crippen molar-refractivity contribution < 1.29 is 18.3 Å². The van der Waals surface area contributed by atoms with E-state index >= 15 is 0 Å². The van der Waals surface area contributed by atoms with E-state index in [-0.39, 0.29) is 13.1 Å². The minimum absolute atomic E-state index is 0.141. The van der Waals surface area contributed by atoms with E-state index in [0.717, 1.165) is 4.31 Å². The molecule has 8 heteroatoms. The van der Waals surface area contributed by atoms with Crippen LogP contribution in [0.25, 0.3) is 0 Å². The van der Waals surface area contributed by atoms with Crippen LogP contribution in [0.2, 0.25) is 0 Å². The predicted molar refractivity (Wildman–Crippen MR) is 58.2 cm³/mol. The summed E-state index contributed by atoms with van der Waals surface area (Å²) in [5, 5.41) is 11.8. The van der Waals surface area contributed by atoms with Crippen LogP contribution in [0, 0.1) is 0 Å². The van der Waals surface area contributed by atoms with Gasteiger partial charge in [-0.25, -0.2) is 4.72 Å². The molecule has 1 aliphatic rings. The maximum atomic E-state index is 11.8. The number of hydrogen-bond acceptors (Lipinski definition) is 4. The second kappa shape index (κ2) is 5.58. The van der Waals surface area contributed by atoms with Crippen LogP contribution in [-0.4, -0.2) is 56.0 Å². The second-order valence-corrected chi connectivity index (χ2v) is 5.28. The van der Waals surface area contributed by atoms with Gasteiger partial charge in [0.05, 0.1) is 0 Å². The van der Waals surface area contributed by atoms with Crippen molar-refractivity contribution in [3.63, 3.8) is 0 Å². The molecular weight excluding hydrogens is 234 g/mol. The van der Waals surface area contributed by atoms with Gasteiger partial charge in [0.15, 0.2) is 0 Å². The minimum atomic E-state index is -3.68. The lowest BCUT2D eigenvalue weighted by molar-refractivity contribution is -0.141. The number of aliphatic carboxylic acids is 1. The molecule has 1 heterocycles. The Morgan fingerprint density at radius 1 is 1.62 bits per heavy atom. The first-order valence-corrected chi connectivity index (χ1v) is 6.63. The molecule has 0 spiro atoms. The molecule has 0 aromatic carbocycles. The standard InChI is InChI=1S/C8H17N3O4S/c1-2-3-10-16(14,15)11-5-4-9-6-7(11)8(12)13/h7,9-10H,2-6H2,1H3,(H,12,13). The number of piperazine rings is 1. The van der Waals surface area contributed by atoms with Gasteiger partial charge in [-0.3, -0.25) is 4.79 Å². The van der Waals surface area contributed by atoms with Crippen molar-refractivity contribution in [2.24, 2.45) is 0 Å². The lowest BCUT2D eigenvalue weighted by Crippen LogP contribution is -2.59. The summed E-state index contributed by atoms with van der Waals surface area (Å²) in [5.74, 6) is -1.13. The molecule has 1 saturated heterocycles. The molecule has 0 bridgehead atoms. The van der Waals surface area contributed by atoms with Crippen molar-refractivity contribution in [2.75, 3.05) is 26.2 Å². The fourth-order valence-electron chi connectivity index (χ4n) is 1.50. The van der Waals surface area contributed by atoms with Crippen LogP contribution in [-0.2, 0) is 15.0 Å². The molecule has 16 heavy (non-hydrogen) atoms. The third-order valence-electron chi connectivity index (χ3n) is 2.32. The normalized spacial score (nSPS) is 23.2. The highest BCUT2D eigenvalue weighted by molar-refractivity contribution is 7.87. The number of carbonyl (C=O) groups is 1. The van der Waals surface area contributed by atoms with Crippen molar-refractivity contribution in [1.82, 2.24) is 14.3 Å². The van der Waals surface area contributed by atoms with Gasteiger partial charge in [0.1, 0.15) is 6.04 Å². The van der Waals surface area contributed by atoms with Gasteiger partial charge in [-0.2, -0.15) is 12.7 Å². The average Bonchev–Trinajstić information content (AvgIpc) is 2.26. The van der Waals surface area contributed by atoms with E-state index in [2.05, 4.69) is 10.0 Å². The van der Waals surface area contributed by atoms with Gasteiger partial charge >= 0.3 is 5.97 Å². The van der Waals surface area contributed by atoms with Crippen LogP contribution in [0.15, 0.2) is 0 Å². The van der Waals surface area contributed by atoms with Gasteiger partial charge < -0.3 is 10.4 Å². The van der Waals surface area contributed by atoms with Crippen LogP contribution >= 0.6 is 0 Å². The van der Waals surface area contributed by atoms with Gasteiger partial charge in [-0.1, -0.05) is 6.92 Å². The summed E-state index contributed by atoms with van der Waals surface area (Å²) in [6, 6.07) is -1.02. The zero-order chi connectivity index (χ0) is 12.2. The van der Waals surface area contributed by atoms with Gasteiger partial charge in [0, 0.05) is 26.2 Å². The van der Waals surface area contributed by atoms with Gasteiger partial charge in [0.2, 0.25) is 0 Å². The molecule has 94 valence electrons. The Morgan fingerprint density at radius 2 is 2.31 bits per heavy atom. The first kappa shape index (κ1) is 13.4. The number of hydrogen-bond donors (Lipinski definition) is 3. The summed E-state index contributed by atoms with van der Waals surface area (Å²) >= 11 is 0. The summed E-state index contributed by atoms with van der Waals surface area (Å²) in [6.07, 6.45) is 0.670. The highest BCUT2D eigenvalue weighted by Crippen LogP contribution is 2.08. The molecule has 0 aromatic rings. The lowest BCUT2D eigenvalue weighted by atomic mass is 10.2. The van der Waals surface area contributed by atoms with E-state index in [1.165, 1.54) is 0 Å². The smallest absolute Gasteiger partial charge is 0.323 e. The van der Waals surface area contributed by atoms with Crippen molar-refractivity contribution in [3.05, 3.63) is 0 Å². The highest BCUT2D eigenvalue weighted by Gasteiger charge is 2.36. The summed E-state index contributed by atoms with van der Waals surface area (Å²) in [4.78, 5) is 10.9. The van der Waals surface area contributed by atoms with Crippen molar-refractivity contribution in [1.29, 1.82) is 0 Å². The predicted octanol–water partition coefficient (Wildman–Crippen LogP) is -1.41. The van der Waals surface area contributed by atoms with Crippen molar-refractivity contribution >= 4 is 16.2 Å². The van der Waals surface area contributed by atoms with Gasteiger partial charge in [0.25, 0.3) is 10.2 Å². The average molecular weight is 251 g/mol. The van der Waals surface area contributed by atoms with E-state index in [0.29, 0.717) is 19.5 Å². The Morgan fingerprint density at radius 3 is 2.88 bits per heavy atom. The Kier molecular flexibility index (Phi) is 4.66. The first-order valence-electron chi connectivity index (χ1n) is 5.19. The second-order valence-electron chi connectivity index (χ2n) is 3.57. The Hall–Kier alpha value is -0.700. The third-order valence-corrected chi connectivity index (χ3v) is 3.95. The van der Waals surface area contributed by atoms with E-state index in [9.17, 15) is 13.2 Å². The van der Waals surface area contributed by atoms with Crippen molar-refractivity contribution in [3.8, 4) is 0 Å². The molecule has 3 N–H and O–H groups in total. The molecule has 0 aromatic heterocycles. The quantitative estimate of drug-likeness (QED) is 0.557. The lowest BCUT2D eigenvalue weighted by Gasteiger charge is -2.32. The topological polar surface area (TPSA) is 98.7 Å². The maximum absolute atomic E-state index is 11.8. The minimum Gasteiger partial charge on any atom is -0.480 e. The fourth-order valence-corrected chi connectivity index (χ4v) is 2.96. The van der Waals surface area contributed by atoms with Crippen LogP contribution in [0.5, 0.6) is 0 Å². The molecule has 0 radical (unpaired) electrons. The van der Waals surface area contributed by atoms with Gasteiger partial charge in [-0.15, -0.1) is 0 Å². The first-order chi connectivity index (χ1) is 7.49. The summed E-state index contributed by atoms with van der Waals surface area (Å²) < 4.78 is 26.9. The molecule has 1 aliphatic heterocycles. The number of nitrogens with zero attached hydrogens (tertiary/aromatic N) is 1. The third kappa shape index (κ3) is 3.14. The Bertz CT molecular complexity index is 343. The van der Waals surface area contributed by atoms with E-state index in [4.69, 9.17) is 5.11 Å². The molecule has 0 saturated carbocycles. The largest absolute Gasteiger partial charge is 0.480 e. The van der Waals surface area contributed by atoms with E-state index in [1.54, 1.807) is 0 Å². The summed E-state index contributed by atoms with van der Waals surface area (Å²) in [6.45, 7) is 2.95. The Balaban J connectivity index is 2.78. The molecule has 1 rings (SSSR count). The molecule has 0 amide bonds. The van der Waals surface area contributed by atoms with Crippen LogP contribution in [0.1, 0.15) is 13.3 Å². The zero-order valence-electron chi connectivity index (χ0n) is 9.14. The number of rotatable bonds is 5. The fraction of sp³-hybridized carbons (Fsp3) is 0.875. The molecule has 1 atom stereocenters. The van der Waals surface area contributed by atoms with Crippen molar-refractivity contribution in [2.45, 2.75) is 19.4 Å². The zero-order valence-corrected chi connectivity index (χ0v) is 9.96. The maximum Gasteiger partial charge on any atom is 0.323 e. The Labute approximate surface area is 95.0 Å². The molecule has 1 fully saturated rings. The van der Waals surface area contributed by atoms with Crippen LogP contribution in [0.3, 0.4) is 0 Å². The van der Waals surface area contributed by atoms with Crippen LogP contribution < -0.4 is 10.0 Å². The summed E-state index contributed by atoms with van der Waals surface area (Å²) in [7, 11) is -3.68.